The van der Waals surface area contributed by atoms with Crippen LogP contribution in [0, 0.1) is 5.92 Å². The van der Waals surface area contributed by atoms with Gasteiger partial charge in [0.2, 0.25) is 5.91 Å². The maximum absolute atomic E-state index is 12.0. The molecule has 0 saturated carbocycles. The van der Waals surface area contributed by atoms with E-state index >= 15 is 0 Å². The van der Waals surface area contributed by atoms with E-state index in [4.69, 9.17) is 5.11 Å². The van der Waals surface area contributed by atoms with Gasteiger partial charge in [-0.3, -0.25) is 9.78 Å². The van der Waals surface area contributed by atoms with Crippen molar-refractivity contribution in [3.05, 3.63) is 30.1 Å². The lowest BCUT2D eigenvalue weighted by atomic mass is 9.98. The molecule has 1 saturated heterocycles. The van der Waals surface area contributed by atoms with Crippen molar-refractivity contribution in [3.8, 4) is 0 Å². The number of pyridine rings is 1. The fourth-order valence-electron chi connectivity index (χ4n) is 2.21. The van der Waals surface area contributed by atoms with E-state index in [0.717, 1.165) is 25.1 Å². The Bertz CT molecular complexity index is 367. The highest BCUT2D eigenvalue weighted by atomic mass is 16.3. The summed E-state index contributed by atoms with van der Waals surface area (Å²) in [6.45, 7) is 1.66. The monoisotopic (exact) mass is 234 g/mol. The summed E-state index contributed by atoms with van der Waals surface area (Å²) in [6, 6.07) is 5.60. The fourth-order valence-corrected chi connectivity index (χ4v) is 2.21. The third-order valence-corrected chi connectivity index (χ3v) is 3.19. The molecule has 1 N–H and O–H groups in total. The predicted octanol–water partition coefficient (Wildman–Crippen LogP) is 0.855. The van der Waals surface area contributed by atoms with Crippen LogP contribution in [0.3, 0.4) is 0 Å². The maximum atomic E-state index is 12.0. The Labute approximate surface area is 101 Å². The number of aliphatic hydroxyl groups is 1. The summed E-state index contributed by atoms with van der Waals surface area (Å²) in [7, 11) is 0. The number of piperidine rings is 1. The average Bonchev–Trinajstić information content (AvgIpc) is 2.40. The van der Waals surface area contributed by atoms with E-state index in [0.29, 0.717) is 13.0 Å². The summed E-state index contributed by atoms with van der Waals surface area (Å²) < 4.78 is 0. The van der Waals surface area contributed by atoms with Gasteiger partial charge in [0, 0.05) is 31.6 Å². The second kappa shape index (κ2) is 5.77. The van der Waals surface area contributed by atoms with Crippen molar-refractivity contribution in [2.45, 2.75) is 19.3 Å². The molecule has 1 amide bonds. The van der Waals surface area contributed by atoms with Crippen LogP contribution in [0.15, 0.2) is 24.4 Å². The first-order valence-electron chi connectivity index (χ1n) is 6.08. The molecule has 0 aromatic carbocycles. The Morgan fingerprint density at radius 2 is 2.41 bits per heavy atom. The van der Waals surface area contributed by atoms with Crippen LogP contribution in [-0.4, -0.2) is 40.6 Å². The third kappa shape index (κ3) is 3.27. The highest BCUT2D eigenvalue weighted by Gasteiger charge is 2.23. The molecule has 0 radical (unpaired) electrons. The van der Waals surface area contributed by atoms with Gasteiger partial charge in [0.15, 0.2) is 0 Å². The highest BCUT2D eigenvalue weighted by Crippen LogP contribution is 2.16. The van der Waals surface area contributed by atoms with Crippen LogP contribution in [0.25, 0.3) is 0 Å². The Hall–Kier alpha value is -1.42. The number of hydrogen-bond acceptors (Lipinski definition) is 3. The van der Waals surface area contributed by atoms with Crippen molar-refractivity contribution in [3.63, 3.8) is 0 Å². The van der Waals surface area contributed by atoms with E-state index in [1.54, 1.807) is 6.20 Å². The molecule has 0 aliphatic carbocycles. The van der Waals surface area contributed by atoms with Crippen molar-refractivity contribution in [1.29, 1.82) is 0 Å². The summed E-state index contributed by atoms with van der Waals surface area (Å²) >= 11 is 0. The Kier molecular flexibility index (Phi) is 4.09. The maximum Gasteiger partial charge on any atom is 0.228 e. The number of aromatic nitrogens is 1. The first-order valence-corrected chi connectivity index (χ1v) is 6.08. The largest absolute Gasteiger partial charge is 0.396 e. The topological polar surface area (TPSA) is 53.4 Å². The van der Waals surface area contributed by atoms with Gasteiger partial charge in [-0.25, -0.2) is 0 Å². The zero-order chi connectivity index (χ0) is 12.1. The van der Waals surface area contributed by atoms with Gasteiger partial charge in [0.1, 0.15) is 0 Å². The lowest BCUT2D eigenvalue weighted by Gasteiger charge is -2.31. The van der Waals surface area contributed by atoms with Crippen LogP contribution in [0.1, 0.15) is 18.5 Å². The molecule has 1 aliphatic rings. The molecule has 92 valence electrons. The lowest BCUT2D eigenvalue weighted by Crippen LogP contribution is -2.41. The zero-order valence-corrected chi connectivity index (χ0v) is 9.88. The molecule has 1 atom stereocenters. The van der Waals surface area contributed by atoms with Gasteiger partial charge < -0.3 is 10.0 Å². The second-order valence-corrected chi connectivity index (χ2v) is 4.53. The van der Waals surface area contributed by atoms with E-state index in [2.05, 4.69) is 4.98 Å². The number of hydrogen-bond donors (Lipinski definition) is 1. The highest BCUT2D eigenvalue weighted by molar-refractivity contribution is 5.78. The summed E-state index contributed by atoms with van der Waals surface area (Å²) in [5.41, 5.74) is 0.809. The number of nitrogens with zero attached hydrogens (tertiary/aromatic N) is 2. The van der Waals surface area contributed by atoms with Crippen LogP contribution in [0.5, 0.6) is 0 Å². The third-order valence-electron chi connectivity index (χ3n) is 3.19. The average molecular weight is 234 g/mol. The summed E-state index contributed by atoms with van der Waals surface area (Å²) in [5.74, 6) is 0.360. The number of likely N-dealkylation sites (tertiary alicyclic amines) is 1. The fraction of sp³-hybridized carbons (Fsp3) is 0.538. The standard InChI is InChI=1S/C13H18N2O2/c16-10-11-4-3-7-15(9-11)13(17)8-12-5-1-2-6-14-12/h1-2,5-6,11,16H,3-4,7-10H2. The number of amides is 1. The molecule has 0 spiro atoms. The van der Waals surface area contributed by atoms with Gasteiger partial charge in [0.25, 0.3) is 0 Å². The molecular formula is C13H18N2O2. The number of carbonyl (C=O) groups is 1. The van der Waals surface area contributed by atoms with Crippen molar-refractivity contribution >= 4 is 5.91 Å². The number of carbonyl (C=O) groups excluding carboxylic acids is 1. The van der Waals surface area contributed by atoms with Gasteiger partial charge in [-0.15, -0.1) is 0 Å². The molecule has 1 aliphatic heterocycles. The molecule has 1 fully saturated rings. The van der Waals surface area contributed by atoms with Crippen LogP contribution in [-0.2, 0) is 11.2 Å². The molecule has 2 rings (SSSR count). The Morgan fingerprint density at radius 1 is 1.53 bits per heavy atom. The van der Waals surface area contributed by atoms with Crippen molar-refractivity contribution in [2.24, 2.45) is 5.92 Å². The van der Waals surface area contributed by atoms with Gasteiger partial charge in [-0.05, 0) is 30.9 Å². The quantitative estimate of drug-likeness (QED) is 0.843. The van der Waals surface area contributed by atoms with E-state index in [1.807, 2.05) is 23.1 Å². The number of rotatable bonds is 3. The van der Waals surface area contributed by atoms with E-state index in [-0.39, 0.29) is 18.4 Å². The molecule has 4 nitrogen and oxygen atoms in total. The minimum atomic E-state index is 0.113. The summed E-state index contributed by atoms with van der Waals surface area (Å²) in [4.78, 5) is 18.0. The van der Waals surface area contributed by atoms with Crippen molar-refractivity contribution in [2.75, 3.05) is 19.7 Å². The molecular weight excluding hydrogens is 216 g/mol. The summed E-state index contributed by atoms with van der Waals surface area (Å²) in [5, 5.41) is 9.13. The van der Waals surface area contributed by atoms with Crippen LogP contribution < -0.4 is 0 Å². The van der Waals surface area contributed by atoms with Crippen molar-refractivity contribution in [1.82, 2.24) is 9.88 Å². The summed E-state index contributed by atoms with van der Waals surface area (Å²) in [6.07, 6.45) is 4.07. The Morgan fingerprint density at radius 3 is 3.12 bits per heavy atom. The smallest absolute Gasteiger partial charge is 0.228 e. The lowest BCUT2D eigenvalue weighted by molar-refractivity contribution is -0.132. The second-order valence-electron chi connectivity index (χ2n) is 4.53. The van der Waals surface area contributed by atoms with Crippen LogP contribution >= 0.6 is 0 Å². The minimum absolute atomic E-state index is 0.113. The molecule has 2 heterocycles. The Balaban J connectivity index is 1.91. The molecule has 1 aromatic heterocycles. The van der Waals surface area contributed by atoms with Gasteiger partial charge in [-0.1, -0.05) is 6.07 Å². The van der Waals surface area contributed by atoms with Gasteiger partial charge in [-0.2, -0.15) is 0 Å². The van der Waals surface area contributed by atoms with E-state index in [1.165, 1.54) is 0 Å². The zero-order valence-electron chi connectivity index (χ0n) is 9.88. The molecule has 4 heteroatoms. The van der Waals surface area contributed by atoms with Gasteiger partial charge in [0.05, 0.1) is 6.42 Å². The van der Waals surface area contributed by atoms with Crippen LogP contribution in [0.4, 0.5) is 0 Å². The normalized spacial score (nSPS) is 20.3. The number of aliphatic hydroxyl groups excluding tert-OH is 1. The van der Waals surface area contributed by atoms with Crippen LogP contribution in [0.2, 0.25) is 0 Å². The first kappa shape index (κ1) is 12.0. The van der Waals surface area contributed by atoms with Gasteiger partial charge >= 0.3 is 0 Å². The molecule has 17 heavy (non-hydrogen) atoms. The first-order chi connectivity index (χ1) is 8.29. The molecule has 1 unspecified atom stereocenters. The SMILES string of the molecule is O=C(Cc1ccccn1)N1CCCC(CO)C1. The molecule has 0 bridgehead atoms. The predicted molar refractivity (Wildman–Crippen MR) is 64.3 cm³/mol. The van der Waals surface area contributed by atoms with Crippen molar-refractivity contribution < 1.29 is 9.90 Å². The van der Waals surface area contributed by atoms with E-state index < -0.39 is 0 Å². The van der Waals surface area contributed by atoms with E-state index in [9.17, 15) is 4.79 Å². The molecule has 1 aromatic rings. The minimum Gasteiger partial charge on any atom is -0.396 e.